The van der Waals surface area contributed by atoms with Gasteiger partial charge >= 0.3 is 5.97 Å². The van der Waals surface area contributed by atoms with E-state index in [-0.39, 0.29) is 18.3 Å². The van der Waals surface area contributed by atoms with Crippen molar-refractivity contribution >= 4 is 11.9 Å². The molecule has 20 heavy (non-hydrogen) atoms. The molecule has 1 heterocycles. The molecule has 0 aromatic heterocycles. The number of hydrogen-bond acceptors (Lipinski definition) is 3. The number of amides is 1. The predicted octanol–water partition coefficient (Wildman–Crippen LogP) is 2.74. The Morgan fingerprint density at radius 1 is 1.20 bits per heavy atom. The molecule has 1 aromatic rings. The van der Waals surface area contributed by atoms with E-state index < -0.39 is 6.10 Å². The van der Waals surface area contributed by atoms with Gasteiger partial charge in [0.25, 0.3) is 0 Å². The van der Waals surface area contributed by atoms with Crippen molar-refractivity contribution < 1.29 is 14.3 Å². The highest BCUT2D eigenvalue weighted by Crippen LogP contribution is 2.32. The quantitative estimate of drug-likeness (QED) is 0.861. The summed E-state index contributed by atoms with van der Waals surface area (Å²) in [5, 5.41) is 3.06. The van der Waals surface area contributed by atoms with E-state index in [0.29, 0.717) is 11.6 Å². The molecule has 1 N–H and O–H groups in total. The van der Waals surface area contributed by atoms with Crippen LogP contribution in [0.3, 0.4) is 0 Å². The van der Waals surface area contributed by atoms with Crippen molar-refractivity contribution in [3.8, 4) is 0 Å². The molecule has 1 saturated carbocycles. The molecule has 1 fully saturated rings. The van der Waals surface area contributed by atoms with Crippen molar-refractivity contribution in [1.29, 1.82) is 0 Å². The Kier molecular flexibility index (Phi) is 3.72. The van der Waals surface area contributed by atoms with Gasteiger partial charge in [0, 0.05) is 11.6 Å². The van der Waals surface area contributed by atoms with Gasteiger partial charge in [0.15, 0.2) is 0 Å². The van der Waals surface area contributed by atoms with E-state index in [4.69, 9.17) is 4.74 Å². The number of nitrogens with one attached hydrogen (secondary N) is 1. The van der Waals surface area contributed by atoms with Crippen molar-refractivity contribution in [2.24, 2.45) is 0 Å². The van der Waals surface area contributed by atoms with Crippen LogP contribution in [0.2, 0.25) is 0 Å². The Hall–Kier alpha value is -1.84. The number of carbonyl (C=O) groups excluding carboxylic acids is 2. The van der Waals surface area contributed by atoms with Crippen LogP contribution >= 0.6 is 0 Å². The van der Waals surface area contributed by atoms with Crippen LogP contribution in [0.15, 0.2) is 24.3 Å². The molecule has 1 aromatic carbocycles. The fourth-order valence-corrected chi connectivity index (χ4v) is 3.07. The molecule has 1 atom stereocenters. The lowest BCUT2D eigenvalue weighted by Crippen LogP contribution is -2.36. The lowest BCUT2D eigenvalue weighted by atomic mass is 9.95. The Balaban J connectivity index is 1.61. The topological polar surface area (TPSA) is 55.4 Å². The summed E-state index contributed by atoms with van der Waals surface area (Å²) in [7, 11) is 0. The van der Waals surface area contributed by atoms with Crippen molar-refractivity contribution in [3.05, 3.63) is 35.4 Å². The molecule has 3 rings (SSSR count). The summed E-state index contributed by atoms with van der Waals surface area (Å²) in [6, 6.07) is 7.58. The van der Waals surface area contributed by atoms with E-state index in [1.807, 2.05) is 18.2 Å². The highest BCUT2D eigenvalue weighted by Gasteiger charge is 2.32. The minimum Gasteiger partial charge on any atom is -0.453 e. The standard InChI is InChI=1S/C16H19NO3/c18-15(17-11-6-2-1-3-7-11)10-14-12-8-4-5-9-13(12)16(19)20-14/h4-5,8-9,11,14H,1-3,6-7,10H2,(H,17,18)/t14-/m0/s1. The maximum atomic E-state index is 12.1. The largest absolute Gasteiger partial charge is 0.453 e. The number of ether oxygens (including phenoxy) is 1. The van der Waals surface area contributed by atoms with Crippen LogP contribution in [0.25, 0.3) is 0 Å². The number of fused-ring (bicyclic) bond motifs is 1. The van der Waals surface area contributed by atoms with E-state index in [1.165, 1.54) is 19.3 Å². The van der Waals surface area contributed by atoms with E-state index in [1.54, 1.807) is 6.07 Å². The Morgan fingerprint density at radius 3 is 2.75 bits per heavy atom. The smallest absolute Gasteiger partial charge is 0.339 e. The van der Waals surface area contributed by atoms with Gasteiger partial charge < -0.3 is 10.1 Å². The average molecular weight is 273 g/mol. The minimum absolute atomic E-state index is 0.0218. The maximum absolute atomic E-state index is 12.1. The molecular weight excluding hydrogens is 254 g/mol. The number of cyclic esters (lactones) is 1. The second-order valence-corrected chi connectivity index (χ2v) is 5.59. The molecule has 0 unspecified atom stereocenters. The fraction of sp³-hybridized carbons (Fsp3) is 0.500. The molecule has 4 heteroatoms. The Labute approximate surface area is 118 Å². The van der Waals surface area contributed by atoms with Gasteiger partial charge in [-0.15, -0.1) is 0 Å². The molecule has 0 saturated heterocycles. The molecule has 2 aliphatic rings. The van der Waals surface area contributed by atoms with Gasteiger partial charge in [-0.05, 0) is 18.9 Å². The number of hydrogen-bond donors (Lipinski definition) is 1. The Bertz CT molecular complexity index is 520. The van der Waals surface area contributed by atoms with Gasteiger partial charge in [0.05, 0.1) is 12.0 Å². The third kappa shape index (κ3) is 2.69. The summed E-state index contributed by atoms with van der Waals surface area (Å²) in [5.41, 5.74) is 1.42. The SMILES string of the molecule is O=C(C[C@@H]1OC(=O)c2ccccc21)NC1CCCCC1. The molecule has 1 amide bonds. The van der Waals surface area contributed by atoms with Gasteiger partial charge in [0.2, 0.25) is 5.91 Å². The van der Waals surface area contributed by atoms with Crippen molar-refractivity contribution in [2.75, 3.05) is 0 Å². The second-order valence-electron chi connectivity index (χ2n) is 5.59. The number of esters is 1. The van der Waals surface area contributed by atoms with Crippen LogP contribution in [0, 0.1) is 0 Å². The van der Waals surface area contributed by atoms with Crippen LogP contribution < -0.4 is 5.32 Å². The summed E-state index contributed by atoms with van der Waals surface area (Å²) >= 11 is 0. The van der Waals surface area contributed by atoms with Crippen LogP contribution in [0.4, 0.5) is 0 Å². The molecule has 0 spiro atoms. The molecule has 0 radical (unpaired) electrons. The zero-order chi connectivity index (χ0) is 13.9. The summed E-state index contributed by atoms with van der Waals surface area (Å²) in [5.74, 6) is -0.345. The van der Waals surface area contributed by atoms with Gasteiger partial charge in [0.1, 0.15) is 6.10 Å². The van der Waals surface area contributed by atoms with Crippen LogP contribution in [0.1, 0.15) is 60.6 Å². The van der Waals surface area contributed by atoms with Crippen LogP contribution in [-0.4, -0.2) is 17.9 Å². The molecule has 1 aliphatic heterocycles. The Morgan fingerprint density at radius 2 is 1.95 bits per heavy atom. The average Bonchev–Trinajstić information content (AvgIpc) is 2.77. The van der Waals surface area contributed by atoms with Gasteiger partial charge in [-0.3, -0.25) is 4.79 Å². The van der Waals surface area contributed by atoms with Gasteiger partial charge in [-0.2, -0.15) is 0 Å². The van der Waals surface area contributed by atoms with E-state index in [9.17, 15) is 9.59 Å². The summed E-state index contributed by atoms with van der Waals surface area (Å²) in [6.45, 7) is 0. The third-order valence-electron chi connectivity index (χ3n) is 4.12. The third-order valence-corrected chi connectivity index (χ3v) is 4.12. The van der Waals surface area contributed by atoms with Crippen LogP contribution in [0.5, 0.6) is 0 Å². The summed E-state index contributed by atoms with van der Waals surface area (Å²) in [6.07, 6.45) is 5.55. The van der Waals surface area contributed by atoms with Crippen molar-refractivity contribution in [3.63, 3.8) is 0 Å². The van der Waals surface area contributed by atoms with Gasteiger partial charge in [-0.1, -0.05) is 37.5 Å². The number of carbonyl (C=O) groups is 2. The molecule has 106 valence electrons. The molecule has 0 bridgehead atoms. The van der Waals surface area contributed by atoms with E-state index >= 15 is 0 Å². The van der Waals surface area contributed by atoms with Crippen molar-refractivity contribution in [2.45, 2.75) is 50.7 Å². The number of benzene rings is 1. The first-order chi connectivity index (χ1) is 9.74. The van der Waals surface area contributed by atoms with Gasteiger partial charge in [-0.25, -0.2) is 4.79 Å². The predicted molar refractivity (Wildman–Crippen MR) is 74.2 cm³/mol. The molecular formula is C16H19NO3. The lowest BCUT2D eigenvalue weighted by molar-refractivity contribution is -0.123. The normalized spacial score (nSPS) is 22.2. The zero-order valence-electron chi connectivity index (χ0n) is 11.4. The summed E-state index contributed by atoms with van der Waals surface area (Å²) in [4.78, 5) is 23.8. The minimum atomic E-state index is -0.428. The fourth-order valence-electron chi connectivity index (χ4n) is 3.07. The second kappa shape index (κ2) is 5.65. The lowest BCUT2D eigenvalue weighted by Gasteiger charge is -2.23. The first-order valence-corrected chi connectivity index (χ1v) is 7.33. The number of rotatable bonds is 3. The zero-order valence-corrected chi connectivity index (χ0v) is 11.4. The van der Waals surface area contributed by atoms with E-state index in [2.05, 4.69) is 5.32 Å². The van der Waals surface area contributed by atoms with Crippen molar-refractivity contribution in [1.82, 2.24) is 5.32 Å². The first kappa shape index (κ1) is 13.2. The molecule has 1 aliphatic carbocycles. The first-order valence-electron chi connectivity index (χ1n) is 7.33. The van der Waals surface area contributed by atoms with Crippen LogP contribution in [-0.2, 0) is 9.53 Å². The molecule has 4 nitrogen and oxygen atoms in total. The highest BCUT2D eigenvalue weighted by molar-refractivity contribution is 5.94. The monoisotopic (exact) mass is 273 g/mol. The van der Waals surface area contributed by atoms with E-state index in [0.717, 1.165) is 18.4 Å². The maximum Gasteiger partial charge on any atom is 0.339 e. The summed E-state index contributed by atoms with van der Waals surface area (Å²) < 4.78 is 5.29. The highest BCUT2D eigenvalue weighted by atomic mass is 16.5.